The first-order chi connectivity index (χ1) is 29.8. The van der Waals surface area contributed by atoms with Crippen LogP contribution in [-0.4, -0.2) is 49.1 Å². The van der Waals surface area contributed by atoms with Gasteiger partial charge >= 0.3 is 0 Å². The third-order valence-electron chi connectivity index (χ3n) is 9.05. The minimum atomic E-state index is -5.23. The van der Waals surface area contributed by atoms with Gasteiger partial charge in [-0.3, -0.25) is 13.7 Å². The van der Waals surface area contributed by atoms with Crippen LogP contribution >= 0.6 is 0 Å². The molecule has 0 fully saturated rings. The molecule has 0 saturated heterocycles. The third kappa shape index (κ3) is 9.78. The van der Waals surface area contributed by atoms with Gasteiger partial charge in [0, 0.05) is 11.8 Å². The molecule has 0 atom stereocenters. The zero-order valence-electron chi connectivity index (χ0n) is 31.9. The van der Waals surface area contributed by atoms with Crippen molar-refractivity contribution in [2.24, 2.45) is 30.7 Å². The van der Waals surface area contributed by atoms with Crippen LogP contribution < -0.4 is 16.8 Å². The summed E-state index contributed by atoms with van der Waals surface area (Å²) in [5.41, 5.74) is 12.7. The molecule has 0 saturated carbocycles. The van der Waals surface area contributed by atoms with Gasteiger partial charge in [-0.15, -0.1) is 15.3 Å². The zero-order chi connectivity index (χ0) is 45.3. The second-order valence-corrected chi connectivity index (χ2v) is 17.5. The summed E-state index contributed by atoms with van der Waals surface area (Å²) in [7, 11) is -15.4. The van der Waals surface area contributed by atoms with Crippen molar-refractivity contribution in [3.8, 4) is 22.6 Å². The Bertz CT molecular complexity index is 3370. The Labute approximate surface area is 357 Å². The lowest BCUT2D eigenvalue weighted by molar-refractivity contribution is 0.472. The fraction of sp³-hybridized carbons (Fsp3) is 0. The standard InChI is InChI=1S/C40H31N9O11S3/c41-30-21-29(50)15-17-31(30)47-44-27-12-10-25(11-13-27)43-32-16-14-28(20-33(32)61(52,53)54)46-48-38-34(62(55,56)57)18-24-19-35(63(58,59)60)39(40(51)36(24)37(38)42)49-45-26-8-6-23(7-9-26)22-4-2-1-3-5-22/h1-21,43,50-51H,41-42H2,(H,52,53,54)(H,55,56,57)(H,58,59,60). The maximum atomic E-state index is 12.6. The first kappa shape index (κ1) is 43.4. The number of azo groups is 3. The summed E-state index contributed by atoms with van der Waals surface area (Å²) in [6.07, 6.45) is 0. The molecular weight excluding hydrogens is 879 g/mol. The van der Waals surface area contributed by atoms with Crippen LogP contribution in [0.25, 0.3) is 21.9 Å². The van der Waals surface area contributed by atoms with Gasteiger partial charge < -0.3 is 27.0 Å². The van der Waals surface area contributed by atoms with Crippen LogP contribution in [-0.2, 0) is 30.4 Å². The van der Waals surface area contributed by atoms with Crippen molar-refractivity contribution < 1.29 is 49.1 Å². The minimum absolute atomic E-state index is 0.0398. The molecule has 0 spiro atoms. The SMILES string of the molecule is Nc1cc(O)ccc1N=Nc1ccc(Nc2ccc(N=Nc3c(S(=O)(=O)O)cc4cc(S(=O)(=O)O)c(N=Nc5ccc(-c6ccccc6)cc5)c(O)c4c3N)cc2S(=O)(=O)O)cc1. The number of nitrogens with zero attached hydrogens (tertiary/aromatic N) is 6. The molecule has 0 aliphatic carbocycles. The Morgan fingerprint density at radius 3 is 1.62 bits per heavy atom. The Morgan fingerprint density at radius 1 is 0.492 bits per heavy atom. The van der Waals surface area contributed by atoms with Crippen molar-refractivity contribution in [1.82, 2.24) is 0 Å². The van der Waals surface area contributed by atoms with Gasteiger partial charge in [-0.1, -0.05) is 42.5 Å². The molecule has 0 bridgehead atoms. The average molecular weight is 910 g/mol. The summed E-state index contributed by atoms with van der Waals surface area (Å²) in [5, 5.41) is 46.7. The van der Waals surface area contributed by atoms with Crippen molar-refractivity contribution in [2.45, 2.75) is 14.7 Å². The lowest BCUT2D eigenvalue weighted by Crippen LogP contribution is -2.04. The maximum absolute atomic E-state index is 12.6. The van der Waals surface area contributed by atoms with Gasteiger partial charge in [0.2, 0.25) is 0 Å². The molecule has 20 nitrogen and oxygen atoms in total. The zero-order valence-corrected chi connectivity index (χ0v) is 34.3. The van der Waals surface area contributed by atoms with Gasteiger partial charge in [-0.2, -0.15) is 40.6 Å². The second kappa shape index (κ2) is 17.0. The minimum Gasteiger partial charge on any atom is -0.508 e. The van der Waals surface area contributed by atoms with Crippen LogP contribution in [0.2, 0.25) is 0 Å². The normalized spacial score (nSPS) is 12.5. The number of phenols is 2. The number of hydrogen-bond donors (Lipinski definition) is 8. The molecule has 0 aliphatic rings. The summed E-state index contributed by atoms with van der Waals surface area (Å²) < 4.78 is 106. The molecule has 0 aromatic heterocycles. The third-order valence-corrected chi connectivity index (χ3v) is 11.7. The predicted molar refractivity (Wildman–Crippen MR) is 233 cm³/mol. The Balaban J connectivity index is 1.23. The van der Waals surface area contributed by atoms with Crippen LogP contribution in [0.1, 0.15) is 0 Å². The largest absolute Gasteiger partial charge is 0.508 e. The summed E-state index contributed by atoms with van der Waals surface area (Å²) in [4.78, 5) is -2.70. The van der Waals surface area contributed by atoms with Gasteiger partial charge in [-0.05, 0) is 95.4 Å². The van der Waals surface area contributed by atoms with Crippen LogP contribution in [0, 0.1) is 0 Å². The summed E-state index contributed by atoms with van der Waals surface area (Å²) in [6, 6.07) is 31.0. The molecule has 7 aromatic carbocycles. The van der Waals surface area contributed by atoms with Gasteiger partial charge in [0.05, 0.1) is 39.5 Å². The predicted octanol–water partition coefficient (Wildman–Crippen LogP) is 9.81. The summed E-state index contributed by atoms with van der Waals surface area (Å²) >= 11 is 0. The average Bonchev–Trinajstić information content (AvgIpc) is 3.22. The highest BCUT2D eigenvalue weighted by Gasteiger charge is 2.28. The van der Waals surface area contributed by atoms with E-state index in [0.29, 0.717) is 23.1 Å². The molecule has 0 amide bonds. The number of nitrogen functional groups attached to an aromatic ring is 2. The number of aromatic hydroxyl groups is 2. The molecular formula is C40H31N9O11S3. The van der Waals surface area contributed by atoms with Gasteiger partial charge in [0.15, 0.2) is 5.75 Å². The van der Waals surface area contributed by atoms with Crippen LogP contribution in [0.5, 0.6) is 11.5 Å². The first-order valence-corrected chi connectivity index (χ1v) is 22.1. The molecule has 0 aliphatic heterocycles. The first-order valence-electron chi connectivity index (χ1n) is 17.8. The Hall–Kier alpha value is -7.67. The van der Waals surface area contributed by atoms with Gasteiger partial charge in [-0.25, -0.2) is 0 Å². The fourth-order valence-corrected chi connectivity index (χ4v) is 8.07. The molecule has 0 unspecified atom stereocenters. The number of fused-ring (bicyclic) bond motifs is 1. The number of rotatable bonds is 12. The number of nitrogens with two attached hydrogens (primary N) is 2. The number of phenolic OH excluding ortho intramolecular Hbond substituents is 2. The fourth-order valence-electron chi connectivity index (χ4n) is 6.07. The monoisotopic (exact) mass is 909 g/mol. The molecule has 320 valence electrons. The molecule has 0 heterocycles. The number of benzene rings is 7. The Morgan fingerprint density at radius 2 is 1.02 bits per heavy atom. The Kier molecular flexibility index (Phi) is 11.7. The van der Waals surface area contributed by atoms with E-state index in [4.69, 9.17) is 11.5 Å². The molecule has 7 rings (SSSR count). The van der Waals surface area contributed by atoms with E-state index in [2.05, 4.69) is 36.0 Å². The van der Waals surface area contributed by atoms with E-state index in [1.807, 2.05) is 30.3 Å². The van der Waals surface area contributed by atoms with E-state index < -0.39 is 78.6 Å². The summed E-state index contributed by atoms with van der Waals surface area (Å²) in [6.45, 7) is 0. The van der Waals surface area contributed by atoms with Gasteiger partial charge in [0.1, 0.15) is 37.5 Å². The molecule has 7 aromatic rings. The van der Waals surface area contributed by atoms with E-state index in [1.54, 1.807) is 24.3 Å². The quantitative estimate of drug-likeness (QED) is 0.0321. The van der Waals surface area contributed by atoms with Crippen molar-refractivity contribution in [3.05, 3.63) is 127 Å². The van der Waals surface area contributed by atoms with E-state index in [0.717, 1.165) is 23.3 Å². The van der Waals surface area contributed by atoms with Gasteiger partial charge in [0.25, 0.3) is 30.4 Å². The van der Waals surface area contributed by atoms with Crippen LogP contribution in [0.3, 0.4) is 0 Å². The van der Waals surface area contributed by atoms with Crippen LogP contribution in [0.4, 0.5) is 56.9 Å². The smallest absolute Gasteiger partial charge is 0.296 e. The topological polar surface area (TPSA) is 342 Å². The lowest BCUT2D eigenvalue weighted by Gasteiger charge is -2.14. The number of hydrogen-bond acceptors (Lipinski definition) is 17. The van der Waals surface area contributed by atoms with Crippen molar-refractivity contribution in [1.29, 1.82) is 0 Å². The van der Waals surface area contributed by atoms with E-state index >= 15 is 0 Å². The lowest BCUT2D eigenvalue weighted by atomic mass is 10.0. The molecule has 23 heteroatoms. The summed E-state index contributed by atoms with van der Waals surface area (Å²) in [5.74, 6) is -1.02. The number of anilines is 4. The molecule has 10 N–H and O–H groups in total. The maximum Gasteiger partial charge on any atom is 0.296 e. The van der Waals surface area contributed by atoms with Crippen molar-refractivity contribution in [2.75, 3.05) is 16.8 Å². The van der Waals surface area contributed by atoms with E-state index in [-0.39, 0.29) is 28.5 Å². The second-order valence-electron chi connectivity index (χ2n) is 13.3. The molecule has 63 heavy (non-hydrogen) atoms. The highest BCUT2D eigenvalue weighted by molar-refractivity contribution is 7.86. The van der Waals surface area contributed by atoms with Crippen LogP contribution in [0.15, 0.2) is 173 Å². The van der Waals surface area contributed by atoms with E-state index in [9.17, 15) is 49.1 Å². The van der Waals surface area contributed by atoms with E-state index in [1.165, 1.54) is 54.6 Å². The highest BCUT2D eigenvalue weighted by Crippen LogP contribution is 2.48. The molecule has 0 radical (unpaired) electrons. The number of nitrogens with one attached hydrogen (secondary N) is 1. The highest BCUT2D eigenvalue weighted by atomic mass is 32.2. The van der Waals surface area contributed by atoms with Crippen molar-refractivity contribution in [3.63, 3.8) is 0 Å². The van der Waals surface area contributed by atoms with Crippen molar-refractivity contribution >= 4 is 98.0 Å².